The fourth-order valence-corrected chi connectivity index (χ4v) is 1.19. The van der Waals surface area contributed by atoms with Crippen LogP contribution >= 0.6 is 0 Å². The Morgan fingerprint density at radius 3 is 2.53 bits per heavy atom. The molecule has 1 N–H and O–H groups in total. The lowest BCUT2D eigenvalue weighted by Gasteiger charge is -2.15. The molecule has 0 aliphatic carbocycles. The number of rotatable bonds is 4. The number of hydrogen-bond donors (Lipinski definition) is 1. The first kappa shape index (κ1) is 11.7. The van der Waals surface area contributed by atoms with Crippen molar-refractivity contribution in [3.63, 3.8) is 0 Å². The summed E-state index contributed by atoms with van der Waals surface area (Å²) in [5.41, 5.74) is 0.770. The van der Waals surface area contributed by atoms with Crippen LogP contribution in [0.1, 0.15) is 5.56 Å². The molecule has 1 aromatic rings. The zero-order valence-corrected chi connectivity index (χ0v) is 8.61. The van der Waals surface area contributed by atoms with Gasteiger partial charge in [-0.05, 0) is 17.7 Å². The van der Waals surface area contributed by atoms with Crippen LogP contribution in [-0.4, -0.2) is 36.1 Å². The summed E-state index contributed by atoms with van der Waals surface area (Å²) >= 11 is 0. The van der Waals surface area contributed by atoms with Crippen molar-refractivity contribution >= 4 is 5.91 Å². The summed E-state index contributed by atoms with van der Waals surface area (Å²) in [4.78, 5) is 13.0. The van der Waals surface area contributed by atoms with E-state index in [4.69, 9.17) is 5.11 Å². The highest BCUT2D eigenvalue weighted by Crippen LogP contribution is 2.04. The van der Waals surface area contributed by atoms with Crippen molar-refractivity contribution < 1.29 is 14.3 Å². The van der Waals surface area contributed by atoms with Crippen molar-refractivity contribution in [2.45, 2.75) is 6.42 Å². The van der Waals surface area contributed by atoms with Crippen LogP contribution in [0.2, 0.25) is 0 Å². The number of likely N-dealkylation sites (N-methyl/N-ethyl adjacent to an activating group) is 1. The molecule has 15 heavy (non-hydrogen) atoms. The van der Waals surface area contributed by atoms with E-state index in [1.165, 1.54) is 17.0 Å². The van der Waals surface area contributed by atoms with Crippen molar-refractivity contribution in [3.05, 3.63) is 35.6 Å². The molecule has 0 fully saturated rings. The summed E-state index contributed by atoms with van der Waals surface area (Å²) < 4.78 is 12.6. The Balaban J connectivity index is 2.54. The first-order valence-electron chi connectivity index (χ1n) is 4.72. The van der Waals surface area contributed by atoms with E-state index in [0.29, 0.717) is 6.54 Å². The van der Waals surface area contributed by atoms with Gasteiger partial charge in [0.05, 0.1) is 13.0 Å². The summed E-state index contributed by atoms with van der Waals surface area (Å²) in [5, 5.41) is 8.64. The molecule has 82 valence electrons. The van der Waals surface area contributed by atoms with E-state index in [9.17, 15) is 9.18 Å². The molecular weight excluding hydrogens is 197 g/mol. The highest BCUT2D eigenvalue weighted by atomic mass is 19.1. The lowest BCUT2D eigenvalue weighted by molar-refractivity contribution is -0.129. The molecule has 0 saturated heterocycles. The van der Waals surface area contributed by atoms with Crippen LogP contribution in [0.25, 0.3) is 0 Å². The monoisotopic (exact) mass is 211 g/mol. The van der Waals surface area contributed by atoms with Gasteiger partial charge in [-0.15, -0.1) is 0 Å². The van der Waals surface area contributed by atoms with Crippen LogP contribution in [0.3, 0.4) is 0 Å². The Labute approximate surface area is 88.1 Å². The van der Waals surface area contributed by atoms with Crippen molar-refractivity contribution in [1.82, 2.24) is 4.90 Å². The van der Waals surface area contributed by atoms with Crippen molar-refractivity contribution in [1.29, 1.82) is 0 Å². The second-order valence-corrected chi connectivity index (χ2v) is 3.34. The Kier molecular flexibility index (Phi) is 4.24. The minimum Gasteiger partial charge on any atom is -0.395 e. The van der Waals surface area contributed by atoms with Gasteiger partial charge < -0.3 is 10.0 Å². The normalized spacial score (nSPS) is 10.1. The Morgan fingerprint density at radius 2 is 2.00 bits per heavy atom. The van der Waals surface area contributed by atoms with E-state index in [2.05, 4.69) is 0 Å². The summed E-state index contributed by atoms with van der Waals surface area (Å²) in [6.45, 7) is 0.270. The number of carbonyl (C=O) groups excluding carboxylic acids is 1. The maximum atomic E-state index is 12.6. The summed E-state index contributed by atoms with van der Waals surface area (Å²) in [6, 6.07) is 5.82. The van der Waals surface area contributed by atoms with Gasteiger partial charge in [-0.25, -0.2) is 4.39 Å². The van der Waals surface area contributed by atoms with E-state index in [-0.39, 0.29) is 24.8 Å². The van der Waals surface area contributed by atoms with Crippen LogP contribution < -0.4 is 0 Å². The Bertz CT molecular complexity index is 324. The predicted molar refractivity (Wildman–Crippen MR) is 54.8 cm³/mol. The third-order valence-corrected chi connectivity index (χ3v) is 2.13. The predicted octanol–water partition coefficient (Wildman–Crippen LogP) is 0.819. The van der Waals surface area contributed by atoms with Crippen LogP contribution in [0.4, 0.5) is 4.39 Å². The van der Waals surface area contributed by atoms with Gasteiger partial charge in [0.25, 0.3) is 0 Å². The molecule has 0 radical (unpaired) electrons. The first-order chi connectivity index (χ1) is 7.13. The van der Waals surface area contributed by atoms with Crippen molar-refractivity contribution in [2.75, 3.05) is 20.2 Å². The van der Waals surface area contributed by atoms with Crippen LogP contribution in [0.5, 0.6) is 0 Å². The number of nitrogens with zero attached hydrogens (tertiary/aromatic N) is 1. The third kappa shape index (κ3) is 3.67. The topological polar surface area (TPSA) is 40.5 Å². The van der Waals surface area contributed by atoms with Gasteiger partial charge >= 0.3 is 0 Å². The highest BCUT2D eigenvalue weighted by molar-refractivity contribution is 5.78. The number of halogens is 1. The van der Waals surface area contributed by atoms with Gasteiger partial charge in [0.2, 0.25) is 5.91 Å². The summed E-state index contributed by atoms with van der Waals surface area (Å²) in [5.74, 6) is -0.398. The number of benzene rings is 1. The summed E-state index contributed by atoms with van der Waals surface area (Å²) in [7, 11) is 1.63. The molecular formula is C11H14FNO2. The van der Waals surface area contributed by atoms with Gasteiger partial charge in [0, 0.05) is 13.6 Å². The number of amides is 1. The molecule has 1 amide bonds. The molecule has 0 spiro atoms. The molecule has 0 bridgehead atoms. The Hall–Kier alpha value is -1.42. The zero-order chi connectivity index (χ0) is 11.3. The van der Waals surface area contributed by atoms with E-state index >= 15 is 0 Å². The van der Waals surface area contributed by atoms with E-state index in [1.807, 2.05) is 0 Å². The van der Waals surface area contributed by atoms with Gasteiger partial charge in [0.1, 0.15) is 5.82 Å². The summed E-state index contributed by atoms with van der Waals surface area (Å²) in [6.07, 6.45) is 0.233. The lowest BCUT2D eigenvalue weighted by atomic mass is 10.1. The highest BCUT2D eigenvalue weighted by Gasteiger charge is 2.08. The minimum atomic E-state index is -0.310. The molecule has 0 aliphatic rings. The van der Waals surface area contributed by atoms with Crippen molar-refractivity contribution in [3.8, 4) is 0 Å². The molecule has 0 unspecified atom stereocenters. The molecule has 4 heteroatoms. The quantitative estimate of drug-likeness (QED) is 0.801. The van der Waals surface area contributed by atoms with Gasteiger partial charge in [0.15, 0.2) is 0 Å². The van der Waals surface area contributed by atoms with Gasteiger partial charge in [-0.2, -0.15) is 0 Å². The first-order valence-corrected chi connectivity index (χ1v) is 4.72. The Morgan fingerprint density at radius 1 is 1.40 bits per heavy atom. The number of aliphatic hydroxyl groups excluding tert-OH is 1. The zero-order valence-electron chi connectivity index (χ0n) is 8.61. The van der Waals surface area contributed by atoms with Crippen LogP contribution in [-0.2, 0) is 11.2 Å². The van der Waals surface area contributed by atoms with E-state index in [0.717, 1.165) is 5.56 Å². The lowest BCUT2D eigenvalue weighted by Crippen LogP contribution is -2.30. The second-order valence-electron chi connectivity index (χ2n) is 3.34. The van der Waals surface area contributed by atoms with E-state index in [1.54, 1.807) is 19.2 Å². The van der Waals surface area contributed by atoms with Crippen molar-refractivity contribution in [2.24, 2.45) is 0 Å². The van der Waals surface area contributed by atoms with Gasteiger partial charge in [-0.1, -0.05) is 12.1 Å². The van der Waals surface area contributed by atoms with Gasteiger partial charge in [-0.3, -0.25) is 4.79 Å². The minimum absolute atomic E-state index is 0.0499. The average Bonchev–Trinajstić information content (AvgIpc) is 2.22. The van der Waals surface area contributed by atoms with Crippen LogP contribution in [0, 0.1) is 5.82 Å². The smallest absolute Gasteiger partial charge is 0.226 e. The standard InChI is InChI=1S/C11H14FNO2/c1-13(6-7-14)11(15)8-9-2-4-10(12)5-3-9/h2-5,14H,6-8H2,1H3. The number of hydrogen-bond acceptors (Lipinski definition) is 2. The third-order valence-electron chi connectivity index (χ3n) is 2.13. The maximum Gasteiger partial charge on any atom is 0.226 e. The molecule has 1 aromatic carbocycles. The maximum absolute atomic E-state index is 12.6. The van der Waals surface area contributed by atoms with Crippen LogP contribution in [0.15, 0.2) is 24.3 Å². The largest absolute Gasteiger partial charge is 0.395 e. The molecule has 0 saturated carbocycles. The number of aliphatic hydroxyl groups is 1. The fourth-order valence-electron chi connectivity index (χ4n) is 1.19. The molecule has 0 aliphatic heterocycles. The fraction of sp³-hybridized carbons (Fsp3) is 0.364. The van der Waals surface area contributed by atoms with E-state index < -0.39 is 0 Å². The molecule has 0 atom stereocenters. The molecule has 0 aromatic heterocycles. The SMILES string of the molecule is CN(CCO)C(=O)Cc1ccc(F)cc1. The molecule has 1 rings (SSSR count). The molecule has 0 heterocycles. The number of carbonyl (C=O) groups is 1. The molecule has 3 nitrogen and oxygen atoms in total. The average molecular weight is 211 g/mol. The second kappa shape index (κ2) is 5.46.